The van der Waals surface area contributed by atoms with Gasteiger partial charge in [-0.15, -0.1) is 0 Å². The van der Waals surface area contributed by atoms with Crippen LogP contribution in [-0.4, -0.2) is 43.4 Å². The molecule has 0 saturated carbocycles. The molecule has 0 unspecified atom stereocenters. The van der Waals surface area contributed by atoms with Crippen LogP contribution in [0.2, 0.25) is 5.02 Å². The van der Waals surface area contributed by atoms with E-state index in [-0.39, 0.29) is 46.4 Å². The van der Waals surface area contributed by atoms with E-state index in [1.807, 2.05) is 4.90 Å². The Morgan fingerprint density at radius 3 is 2.80 bits per heavy atom. The number of nitrogens with zero attached hydrogens (tertiary/aromatic N) is 1. The van der Waals surface area contributed by atoms with Crippen LogP contribution >= 0.6 is 11.6 Å². The number of Topliss-reactive ketones (excluding diaryl/α,β-unsaturated/α-hetero) is 1. The topological polar surface area (TPSA) is 72.9 Å². The lowest BCUT2D eigenvalue weighted by molar-refractivity contribution is 0.0634. The fourth-order valence-corrected chi connectivity index (χ4v) is 6.03. The number of hydrogen-bond acceptors (Lipinski definition) is 6. The van der Waals surface area contributed by atoms with Gasteiger partial charge < -0.3 is 9.47 Å². The average molecular weight is 450 g/mol. The van der Waals surface area contributed by atoms with Gasteiger partial charge in [0.15, 0.2) is 15.6 Å². The smallest absolute Gasteiger partial charge is 0.231 e. The molecule has 9 heteroatoms. The number of benzene rings is 2. The van der Waals surface area contributed by atoms with Crippen molar-refractivity contribution in [1.82, 2.24) is 4.90 Å². The van der Waals surface area contributed by atoms with Crippen molar-refractivity contribution in [2.75, 3.05) is 18.2 Å². The Hall–Kier alpha value is -2.42. The van der Waals surface area contributed by atoms with Gasteiger partial charge in [-0.1, -0.05) is 17.7 Å². The van der Waals surface area contributed by atoms with Crippen molar-refractivity contribution >= 4 is 33.3 Å². The normalized spacial score (nSPS) is 23.7. The zero-order chi connectivity index (χ0) is 21.0. The number of ketones is 1. The van der Waals surface area contributed by atoms with Crippen LogP contribution < -0.4 is 9.47 Å². The monoisotopic (exact) mass is 449 g/mol. The third kappa shape index (κ3) is 3.29. The molecule has 0 amide bonds. The van der Waals surface area contributed by atoms with Gasteiger partial charge in [0.2, 0.25) is 5.78 Å². The minimum atomic E-state index is -3.03. The third-order valence-corrected chi connectivity index (χ3v) is 7.72. The SMILES string of the molecule is O=C1C(=Cc2c(F)cccc2Cl)Oc2c1ccc1c2CN([C@@H]2CCS(=O)(=O)C2)CO1. The molecule has 0 spiro atoms. The molecule has 0 aliphatic carbocycles. The van der Waals surface area contributed by atoms with Gasteiger partial charge in [0.1, 0.15) is 24.0 Å². The van der Waals surface area contributed by atoms with Crippen LogP contribution in [0.5, 0.6) is 11.5 Å². The van der Waals surface area contributed by atoms with Crippen molar-refractivity contribution < 1.29 is 27.1 Å². The second-order valence-electron chi connectivity index (χ2n) is 7.57. The van der Waals surface area contributed by atoms with Crippen molar-refractivity contribution in [3.05, 3.63) is 63.6 Å². The number of allylic oxidation sites excluding steroid dienone is 1. The fourth-order valence-electron chi connectivity index (χ4n) is 4.05. The molecule has 0 radical (unpaired) electrons. The van der Waals surface area contributed by atoms with Gasteiger partial charge in [-0.05, 0) is 36.8 Å². The zero-order valence-corrected chi connectivity index (χ0v) is 17.3. The molecule has 2 aromatic carbocycles. The van der Waals surface area contributed by atoms with Gasteiger partial charge >= 0.3 is 0 Å². The van der Waals surface area contributed by atoms with Crippen molar-refractivity contribution in [1.29, 1.82) is 0 Å². The van der Waals surface area contributed by atoms with Gasteiger partial charge in [0.05, 0.1) is 27.7 Å². The highest BCUT2D eigenvalue weighted by Crippen LogP contribution is 2.43. The lowest BCUT2D eigenvalue weighted by Gasteiger charge is -2.33. The maximum atomic E-state index is 14.1. The summed E-state index contributed by atoms with van der Waals surface area (Å²) in [6.07, 6.45) is 1.85. The molecular weight excluding hydrogens is 433 g/mol. The van der Waals surface area contributed by atoms with Crippen molar-refractivity contribution in [2.45, 2.75) is 19.0 Å². The van der Waals surface area contributed by atoms with E-state index in [0.29, 0.717) is 35.6 Å². The first-order chi connectivity index (χ1) is 14.3. The summed E-state index contributed by atoms with van der Waals surface area (Å²) in [4.78, 5) is 14.8. The van der Waals surface area contributed by atoms with E-state index in [0.717, 1.165) is 0 Å². The highest BCUT2D eigenvalue weighted by atomic mass is 35.5. The van der Waals surface area contributed by atoms with Gasteiger partial charge in [-0.2, -0.15) is 0 Å². The van der Waals surface area contributed by atoms with Gasteiger partial charge in [0, 0.05) is 18.2 Å². The van der Waals surface area contributed by atoms with E-state index in [4.69, 9.17) is 21.1 Å². The fraction of sp³-hybridized carbons (Fsp3) is 0.286. The lowest BCUT2D eigenvalue weighted by atomic mass is 10.0. The number of carbonyl (C=O) groups is 1. The maximum absolute atomic E-state index is 14.1. The van der Waals surface area contributed by atoms with E-state index < -0.39 is 15.7 Å². The molecule has 1 saturated heterocycles. The number of halogens is 2. The van der Waals surface area contributed by atoms with E-state index in [1.165, 1.54) is 24.3 Å². The molecule has 156 valence electrons. The molecule has 1 fully saturated rings. The number of ether oxygens (including phenoxy) is 2. The first-order valence-electron chi connectivity index (χ1n) is 9.44. The summed E-state index contributed by atoms with van der Waals surface area (Å²) >= 11 is 6.07. The molecule has 1 atom stereocenters. The van der Waals surface area contributed by atoms with E-state index in [1.54, 1.807) is 12.1 Å². The summed E-state index contributed by atoms with van der Waals surface area (Å²) in [6, 6.07) is 7.47. The van der Waals surface area contributed by atoms with Gasteiger partial charge in [0.25, 0.3) is 0 Å². The predicted octanol–water partition coefficient (Wildman–Crippen LogP) is 3.43. The highest BCUT2D eigenvalue weighted by molar-refractivity contribution is 7.91. The zero-order valence-electron chi connectivity index (χ0n) is 15.7. The Morgan fingerprint density at radius 1 is 1.23 bits per heavy atom. The van der Waals surface area contributed by atoms with E-state index >= 15 is 0 Å². The van der Waals surface area contributed by atoms with Gasteiger partial charge in [-0.25, -0.2) is 12.8 Å². The number of carbonyl (C=O) groups excluding carboxylic acids is 1. The molecule has 3 aliphatic rings. The maximum Gasteiger partial charge on any atom is 0.231 e. The van der Waals surface area contributed by atoms with E-state index in [2.05, 4.69) is 0 Å². The first kappa shape index (κ1) is 19.5. The molecular formula is C21H17ClFNO5S. The summed E-state index contributed by atoms with van der Waals surface area (Å²) in [5.41, 5.74) is 1.12. The number of fused-ring (bicyclic) bond motifs is 3. The average Bonchev–Trinajstić information content (AvgIpc) is 3.24. The second kappa shape index (κ2) is 7.08. The van der Waals surface area contributed by atoms with Gasteiger partial charge in [-0.3, -0.25) is 9.69 Å². The molecule has 0 bridgehead atoms. The van der Waals surface area contributed by atoms with Crippen LogP contribution in [0.3, 0.4) is 0 Å². The van der Waals surface area contributed by atoms with Crippen molar-refractivity contribution in [3.8, 4) is 11.5 Å². The van der Waals surface area contributed by atoms with Crippen LogP contribution in [0, 0.1) is 5.82 Å². The summed E-state index contributed by atoms with van der Waals surface area (Å²) in [6.45, 7) is 0.674. The molecule has 0 N–H and O–H groups in total. The standard InChI is InChI=1S/C21H17ClFNO5S/c22-16-2-1-3-17(23)14(16)8-19-20(25)13-4-5-18-15(21(13)29-19)9-24(11-28-18)12-6-7-30(26,27)10-12/h1-5,8,12H,6-7,9-11H2/t12-/m1/s1. The minimum absolute atomic E-state index is 0.0223. The molecule has 30 heavy (non-hydrogen) atoms. The molecule has 3 aliphatic heterocycles. The Bertz CT molecular complexity index is 1190. The molecule has 5 rings (SSSR count). The van der Waals surface area contributed by atoms with Crippen LogP contribution in [0.15, 0.2) is 36.1 Å². The van der Waals surface area contributed by atoms with Crippen LogP contribution in [0.25, 0.3) is 6.08 Å². The number of rotatable bonds is 2. The summed E-state index contributed by atoms with van der Waals surface area (Å²) < 4.78 is 49.5. The molecule has 0 aromatic heterocycles. The van der Waals surface area contributed by atoms with Crippen molar-refractivity contribution in [2.24, 2.45) is 0 Å². The molecule has 6 nitrogen and oxygen atoms in total. The quantitative estimate of drug-likeness (QED) is 0.654. The van der Waals surface area contributed by atoms with E-state index in [9.17, 15) is 17.6 Å². The Morgan fingerprint density at radius 2 is 2.07 bits per heavy atom. The largest absolute Gasteiger partial charge is 0.478 e. The van der Waals surface area contributed by atoms with Crippen LogP contribution in [0.1, 0.15) is 27.9 Å². The summed E-state index contributed by atoms with van der Waals surface area (Å²) in [5.74, 6) is 0.266. The van der Waals surface area contributed by atoms with Crippen LogP contribution in [0.4, 0.5) is 4.39 Å². The minimum Gasteiger partial charge on any atom is -0.478 e. The predicted molar refractivity (Wildman–Crippen MR) is 109 cm³/mol. The number of hydrogen-bond donors (Lipinski definition) is 0. The molecule has 2 aromatic rings. The summed E-state index contributed by atoms with van der Waals surface area (Å²) in [5, 5.41) is 0.175. The Kier molecular flexibility index (Phi) is 4.61. The third-order valence-electron chi connectivity index (χ3n) is 5.64. The summed E-state index contributed by atoms with van der Waals surface area (Å²) in [7, 11) is -3.03. The highest BCUT2D eigenvalue weighted by Gasteiger charge is 2.38. The first-order valence-corrected chi connectivity index (χ1v) is 11.6. The number of sulfone groups is 1. The van der Waals surface area contributed by atoms with Crippen molar-refractivity contribution in [3.63, 3.8) is 0 Å². The Balaban J connectivity index is 1.48. The lowest BCUT2D eigenvalue weighted by Crippen LogP contribution is -2.41. The van der Waals surface area contributed by atoms with Crippen LogP contribution in [-0.2, 0) is 16.4 Å². The second-order valence-corrected chi connectivity index (χ2v) is 10.2. The molecule has 3 heterocycles. The Labute approximate surface area is 177 Å².